The Labute approximate surface area is 190 Å². The lowest BCUT2D eigenvalue weighted by Crippen LogP contribution is -2.29. The van der Waals surface area contributed by atoms with E-state index in [1.54, 1.807) is 18.5 Å². The van der Waals surface area contributed by atoms with Crippen molar-refractivity contribution < 1.29 is 10.2 Å². The lowest BCUT2D eigenvalue weighted by atomic mass is 9.93. The van der Waals surface area contributed by atoms with Crippen LogP contribution in [-0.2, 0) is 6.54 Å². The maximum absolute atomic E-state index is 10.7. The molecule has 2 fully saturated rings. The first kappa shape index (κ1) is 22.7. The lowest BCUT2D eigenvalue weighted by Gasteiger charge is -2.27. The van der Waals surface area contributed by atoms with Gasteiger partial charge in [0.05, 0.1) is 17.4 Å². The van der Waals surface area contributed by atoms with Gasteiger partial charge >= 0.3 is 0 Å². The number of pyridine rings is 1. The number of hydrogen-bond acceptors (Lipinski definition) is 8. The van der Waals surface area contributed by atoms with Crippen LogP contribution in [-0.4, -0.2) is 61.8 Å². The van der Waals surface area contributed by atoms with Crippen molar-refractivity contribution in [3.05, 3.63) is 24.0 Å². The number of aliphatic hydroxyl groups is 1. The Morgan fingerprint density at radius 3 is 2.59 bits per heavy atom. The molecule has 0 bridgehead atoms. The predicted molar refractivity (Wildman–Crippen MR) is 127 cm³/mol. The Morgan fingerprint density at radius 1 is 1.09 bits per heavy atom. The van der Waals surface area contributed by atoms with E-state index in [1.807, 2.05) is 0 Å². The Balaban J connectivity index is 1.56. The largest absolute Gasteiger partial charge is 0.507 e. The fraction of sp³-hybridized carbons (Fsp3) is 0.625. The average Bonchev–Trinajstić information content (AvgIpc) is 3.30. The Kier molecular flexibility index (Phi) is 7.76. The number of aliphatic hydroxyl groups excluding tert-OH is 1. The average molecular weight is 441 g/mol. The summed E-state index contributed by atoms with van der Waals surface area (Å²) >= 11 is 0. The van der Waals surface area contributed by atoms with Gasteiger partial charge in [-0.15, -0.1) is 0 Å². The molecule has 2 aromatic heterocycles. The number of unbranched alkanes of at least 4 members (excludes halogenated alkanes) is 1. The van der Waals surface area contributed by atoms with E-state index in [9.17, 15) is 10.2 Å². The van der Waals surface area contributed by atoms with Gasteiger partial charge in [-0.2, -0.15) is 4.98 Å². The van der Waals surface area contributed by atoms with Crippen LogP contribution >= 0.6 is 0 Å². The molecule has 174 valence electrons. The summed E-state index contributed by atoms with van der Waals surface area (Å²) in [7, 11) is 0. The van der Waals surface area contributed by atoms with Crippen LogP contribution < -0.4 is 10.6 Å². The first-order valence-electron chi connectivity index (χ1n) is 12.1. The molecule has 0 unspecified atom stereocenters. The van der Waals surface area contributed by atoms with Gasteiger partial charge in [-0.05, 0) is 58.0 Å². The first-order chi connectivity index (χ1) is 15.6. The summed E-state index contributed by atoms with van der Waals surface area (Å²) in [4.78, 5) is 16.2. The summed E-state index contributed by atoms with van der Waals surface area (Å²) in [5.41, 5.74) is 2.29. The predicted octanol–water partition coefficient (Wildman–Crippen LogP) is 3.77. The smallest absolute Gasteiger partial charge is 0.224 e. The maximum atomic E-state index is 10.7. The van der Waals surface area contributed by atoms with Crippen LogP contribution in [0.3, 0.4) is 0 Å². The quantitative estimate of drug-likeness (QED) is 0.437. The molecule has 4 N–H and O–H groups in total. The number of aromatic nitrogens is 3. The topological polar surface area (TPSA) is 106 Å². The molecule has 8 nitrogen and oxygen atoms in total. The fourth-order valence-electron chi connectivity index (χ4n) is 4.48. The molecule has 0 atom stereocenters. The molecule has 2 aromatic rings. The van der Waals surface area contributed by atoms with Gasteiger partial charge in [0.1, 0.15) is 11.6 Å². The number of aromatic hydroxyl groups is 1. The van der Waals surface area contributed by atoms with E-state index in [1.165, 1.54) is 12.8 Å². The number of nitrogens with one attached hydrogen (secondary N) is 2. The van der Waals surface area contributed by atoms with Crippen LogP contribution in [0.4, 0.5) is 11.8 Å². The van der Waals surface area contributed by atoms with Crippen molar-refractivity contribution in [1.82, 2.24) is 19.9 Å². The molecule has 32 heavy (non-hydrogen) atoms. The minimum Gasteiger partial charge on any atom is -0.507 e. The Bertz CT molecular complexity index is 879. The Morgan fingerprint density at radius 2 is 1.88 bits per heavy atom. The van der Waals surface area contributed by atoms with Crippen molar-refractivity contribution in [2.45, 2.75) is 77.0 Å². The summed E-state index contributed by atoms with van der Waals surface area (Å²) in [6.07, 6.45) is 11.3. The number of hydrogen-bond donors (Lipinski definition) is 4. The van der Waals surface area contributed by atoms with Gasteiger partial charge in [-0.1, -0.05) is 13.3 Å². The molecule has 1 aliphatic carbocycles. The maximum Gasteiger partial charge on any atom is 0.224 e. The zero-order valence-electron chi connectivity index (χ0n) is 19.1. The van der Waals surface area contributed by atoms with Gasteiger partial charge in [-0.25, -0.2) is 4.98 Å². The standard InChI is InChI=1S/C24H36N6O2/c1-2-3-10-25-24-27-15-20(23(29-24)28-18-6-8-19(31)9-7-18)21-13-22(32)17(14-26-21)16-30-11-4-5-12-30/h13-15,18-19,31H,2-12,16H2,1H3,(H,26,32)(H2,25,27,28,29)/t18-,19-. The summed E-state index contributed by atoms with van der Waals surface area (Å²) in [5, 5.41) is 27.4. The molecule has 0 amide bonds. The van der Waals surface area contributed by atoms with Crippen molar-refractivity contribution in [2.24, 2.45) is 0 Å². The molecule has 4 rings (SSSR count). The monoisotopic (exact) mass is 440 g/mol. The van der Waals surface area contributed by atoms with Crippen LogP contribution in [0.25, 0.3) is 11.3 Å². The summed E-state index contributed by atoms with van der Waals surface area (Å²) < 4.78 is 0. The molecule has 2 aliphatic rings. The number of rotatable bonds is 9. The summed E-state index contributed by atoms with van der Waals surface area (Å²) in [6.45, 7) is 5.86. The van der Waals surface area contributed by atoms with Crippen molar-refractivity contribution >= 4 is 11.8 Å². The first-order valence-corrected chi connectivity index (χ1v) is 12.1. The van der Waals surface area contributed by atoms with E-state index in [4.69, 9.17) is 4.98 Å². The molecule has 0 aromatic carbocycles. The van der Waals surface area contributed by atoms with E-state index in [2.05, 4.69) is 32.4 Å². The highest BCUT2D eigenvalue weighted by Crippen LogP contribution is 2.32. The van der Waals surface area contributed by atoms with Crippen molar-refractivity contribution in [2.75, 3.05) is 30.3 Å². The van der Waals surface area contributed by atoms with Gasteiger partial charge in [0, 0.05) is 43.2 Å². The summed E-state index contributed by atoms with van der Waals surface area (Å²) in [6, 6.07) is 1.97. The molecule has 1 saturated carbocycles. The van der Waals surface area contributed by atoms with Gasteiger partial charge < -0.3 is 20.8 Å². The zero-order valence-corrected chi connectivity index (χ0v) is 19.1. The molecular formula is C24H36N6O2. The molecule has 1 saturated heterocycles. The molecular weight excluding hydrogens is 404 g/mol. The van der Waals surface area contributed by atoms with E-state index in [0.717, 1.165) is 81.6 Å². The van der Waals surface area contributed by atoms with E-state index in [0.29, 0.717) is 11.6 Å². The van der Waals surface area contributed by atoms with E-state index >= 15 is 0 Å². The van der Waals surface area contributed by atoms with Crippen LogP contribution in [0.5, 0.6) is 5.75 Å². The van der Waals surface area contributed by atoms with Gasteiger partial charge in [-0.3, -0.25) is 9.88 Å². The highest BCUT2D eigenvalue weighted by atomic mass is 16.3. The number of likely N-dealkylation sites (tertiary alicyclic amines) is 1. The number of anilines is 2. The molecule has 0 spiro atoms. The minimum atomic E-state index is -0.203. The third-order valence-electron chi connectivity index (χ3n) is 6.47. The molecule has 8 heteroatoms. The van der Waals surface area contributed by atoms with Crippen LogP contribution in [0.2, 0.25) is 0 Å². The van der Waals surface area contributed by atoms with Gasteiger partial charge in [0.25, 0.3) is 0 Å². The van der Waals surface area contributed by atoms with Crippen LogP contribution in [0.15, 0.2) is 18.5 Å². The van der Waals surface area contributed by atoms with Crippen molar-refractivity contribution in [1.29, 1.82) is 0 Å². The lowest BCUT2D eigenvalue weighted by molar-refractivity contribution is 0.126. The second kappa shape index (κ2) is 10.9. The highest BCUT2D eigenvalue weighted by Gasteiger charge is 2.22. The molecule has 0 radical (unpaired) electrons. The SMILES string of the molecule is CCCCNc1ncc(-c2cc(O)c(CN3CCCC3)cn2)c(N[C@H]2CC[C@H](O)CC2)n1. The normalized spacial score (nSPS) is 21.6. The second-order valence-corrected chi connectivity index (χ2v) is 9.07. The minimum absolute atomic E-state index is 0.203. The highest BCUT2D eigenvalue weighted by molar-refractivity contribution is 5.73. The van der Waals surface area contributed by atoms with Gasteiger partial charge in [0.15, 0.2) is 0 Å². The molecule has 1 aliphatic heterocycles. The molecule has 3 heterocycles. The van der Waals surface area contributed by atoms with Crippen molar-refractivity contribution in [3.63, 3.8) is 0 Å². The third-order valence-corrected chi connectivity index (χ3v) is 6.47. The van der Waals surface area contributed by atoms with Crippen LogP contribution in [0.1, 0.15) is 63.9 Å². The third kappa shape index (κ3) is 5.86. The van der Waals surface area contributed by atoms with E-state index < -0.39 is 0 Å². The fourth-order valence-corrected chi connectivity index (χ4v) is 4.48. The van der Waals surface area contributed by atoms with Gasteiger partial charge in [0.2, 0.25) is 5.95 Å². The van der Waals surface area contributed by atoms with E-state index in [-0.39, 0.29) is 17.9 Å². The second-order valence-electron chi connectivity index (χ2n) is 9.07. The number of nitrogens with zero attached hydrogens (tertiary/aromatic N) is 4. The van der Waals surface area contributed by atoms with Crippen LogP contribution in [0, 0.1) is 0 Å². The Hall–Kier alpha value is -2.45. The summed E-state index contributed by atoms with van der Waals surface area (Å²) in [5.74, 6) is 1.58. The van der Waals surface area contributed by atoms with Crippen molar-refractivity contribution in [3.8, 4) is 17.0 Å². The zero-order chi connectivity index (χ0) is 22.3.